The maximum absolute atomic E-state index is 15.0. The number of carbonyl (C=O) groups is 1. The minimum atomic E-state index is -4.77. The first kappa shape index (κ1) is 41.6. The van der Waals surface area contributed by atoms with Crippen LogP contribution in [0.3, 0.4) is 0 Å². The number of methoxy groups -OCH3 is 2. The third-order valence-corrected chi connectivity index (χ3v) is 11.8. The first-order valence-electron chi connectivity index (χ1n) is 18.5. The largest absolute Gasteiger partial charge is 0.497 e. The van der Waals surface area contributed by atoms with E-state index >= 15 is 0 Å². The van der Waals surface area contributed by atoms with Gasteiger partial charge < -0.3 is 28.7 Å². The van der Waals surface area contributed by atoms with E-state index in [-0.39, 0.29) is 30.9 Å². The van der Waals surface area contributed by atoms with E-state index in [1.165, 1.54) is 17.8 Å². The van der Waals surface area contributed by atoms with Crippen molar-refractivity contribution in [3.8, 4) is 11.5 Å². The van der Waals surface area contributed by atoms with Crippen molar-refractivity contribution in [1.29, 1.82) is 0 Å². The summed E-state index contributed by atoms with van der Waals surface area (Å²) in [6.45, 7) is 4.20. The molecule has 17 heteroatoms. The second-order valence-corrected chi connectivity index (χ2v) is 15.7. The number of carbonyl (C=O) groups excluding carboxylic acids is 1. The summed E-state index contributed by atoms with van der Waals surface area (Å²) in [5.74, 6) is 1.49. The molecule has 1 unspecified atom stereocenters. The Morgan fingerprint density at radius 2 is 1.67 bits per heavy atom. The summed E-state index contributed by atoms with van der Waals surface area (Å²) in [5, 5.41) is 4.58. The van der Waals surface area contributed by atoms with Crippen LogP contribution in [0.25, 0.3) is 0 Å². The fourth-order valence-electron chi connectivity index (χ4n) is 7.27. The number of anilines is 2. The Kier molecular flexibility index (Phi) is 12.8. The van der Waals surface area contributed by atoms with Crippen LogP contribution in [0.5, 0.6) is 11.5 Å². The third-order valence-electron chi connectivity index (χ3n) is 10.1. The molecule has 0 aliphatic carbocycles. The van der Waals surface area contributed by atoms with Crippen molar-refractivity contribution in [2.45, 2.75) is 70.0 Å². The van der Waals surface area contributed by atoms with Gasteiger partial charge in [-0.05, 0) is 88.6 Å². The predicted octanol–water partition coefficient (Wildman–Crippen LogP) is 9.45. The summed E-state index contributed by atoms with van der Waals surface area (Å²) in [5.41, 5.74) is 3.59. The molecular weight excluding hydrogens is 861 g/mol. The van der Waals surface area contributed by atoms with Crippen LogP contribution in [0.4, 0.5) is 24.7 Å². The van der Waals surface area contributed by atoms with Gasteiger partial charge in [-0.1, -0.05) is 47.6 Å². The average Bonchev–Trinajstić information content (AvgIpc) is 3.37. The van der Waals surface area contributed by atoms with Crippen molar-refractivity contribution in [2.75, 3.05) is 43.4 Å². The molecule has 1 atom stereocenters. The van der Waals surface area contributed by atoms with Gasteiger partial charge in [0.2, 0.25) is 0 Å². The smallest absolute Gasteiger partial charge is 0.418 e. The number of aromatic nitrogens is 4. The van der Waals surface area contributed by atoms with E-state index in [2.05, 4.69) is 25.9 Å². The summed E-state index contributed by atoms with van der Waals surface area (Å²) in [6.07, 6.45) is -3.18. The zero-order valence-corrected chi connectivity index (χ0v) is 35.4. The minimum Gasteiger partial charge on any atom is -0.497 e. The van der Waals surface area contributed by atoms with E-state index in [1.54, 1.807) is 31.9 Å². The SMILES string of the molecule is CCOC(=O)c1nn2c(c1Br)CN(c1nc(SC)nc3c1COC(c1cc(N(Cc4ccc(OC)cc4)Cc4ccc(OC)cc4)cc(Cl)c1C(F)(F)F)C3)CCC2. The molecule has 0 bridgehead atoms. The van der Waals surface area contributed by atoms with Gasteiger partial charge >= 0.3 is 12.1 Å². The first-order valence-corrected chi connectivity index (χ1v) is 20.9. The number of thioether (sulfide) groups is 1. The van der Waals surface area contributed by atoms with Gasteiger partial charge in [0.05, 0.1) is 66.5 Å². The zero-order valence-electron chi connectivity index (χ0n) is 32.2. The lowest BCUT2D eigenvalue weighted by molar-refractivity contribution is -0.139. The summed E-state index contributed by atoms with van der Waals surface area (Å²) < 4.78 is 69.6. The molecule has 0 amide bonds. The molecule has 0 spiro atoms. The first-order chi connectivity index (χ1) is 27.9. The van der Waals surface area contributed by atoms with Gasteiger partial charge in [0, 0.05) is 43.9 Å². The lowest BCUT2D eigenvalue weighted by atomic mass is 9.94. The molecule has 0 saturated heterocycles. The van der Waals surface area contributed by atoms with Crippen LogP contribution in [0, 0.1) is 0 Å². The Morgan fingerprint density at radius 1 is 1.02 bits per heavy atom. The molecule has 2 aromatic heterocycles. The number of benzene rings is 3. The van der Waals surface area contributed by atoms with E-state index in [0.717, 1.165) is 16.8 Å². The van der Waals surface area contributed by atoms with Crippen molar-refractivity contribution in [3.63, 3.8) is 0 Å². The molecule has 0 radical (unpaired) electrons. The number of nitrogens with zero attached hydrogens (tertiary/aromatic N) is 6. The van der Waals surface area contributed by atoms with E-state index in [1.807, 2.05) is 59.7 Å². The Labute approximate surface area is 351 Å². The molecule has 0 N–H and O–H groups in total. The van der Waals surface area contributed by atoms with Crippen LogP contribution in [-0.4, -0.2) is 59.3 Å². The maximum atomic E-state index is 15.0. The fraction of sp³-hybridized carbons (Fsp3) is 0.366. The quantitative estimate of drug-likeness (QED) is 0.0680. The lowest BCUT2D eigenvalue weighted by Crippen LogP contribution is -2.29. The molecule has 2 aliphatic rings. The maximum Gasteiger partial charge on any atom is 0.418 e. The van der Waals surface area contributed by atoms with Crippen LogP contribution in [0.2, 0.25) is 5.02 Å². The Hall–Kier alpha value is -4.51. The molecular formula is C41H41BrClF3N6O5S. The Morgan fingerprint density at radius 3 is 2.26 bits per heavy atom. The van der Waals surface area contributed by atoms with E-state index in [4.69, 9.17) is 40.5 Å². The second-order valence-electron chi connectivity index (χ2n) is 13.7. The van der Waals surface area contributed by atoms with Crippen molar-refractivity contribution in [2.24, 2.45) is 0 Å². The standard InChI is InChI=1S/C41H41BrClF3N6O5S/c1-5-56-39(53)37-36(42)33-22-50(15-6-16-52(33)49-37)38-30-23-57-34(19-32(30)47-40(48-38)58-4)29-17-26(18-31(43)35(29)41(44,45)46)51(20-24-7-11-27(54-2)12-8-24)21-25-9-13-28(55-3)14-10-25/h7-14,17-18,34H,5-6,15-16,19-23H2,1-4H3. The van der Waals surface area contributed by atoms with Crippen LogP contribution in [0.15, 0.2) is 70.3 Å². The average molecular weight is 902 g/mol. The zero-order chi connectivity index (χ0) is 41.1. The summed E-state index contributed by atoms with van der Waals surface area (Å²) in [7, 11) is 3.18. The second kappa shape index (κ2) is 17.8. The molecule has 58 heavy (non-hydrogen) atoms. The molecule has 0 saturated carbocycles. The number of rotatable bonds is 12. The summed E-state index contributed by atoms with van der Waals surface area (Å²) >= 11 is 11.6. The number of aryl methyl sites for hydroxylation is 1. The van der Waals surface area contributed by atoms with E-state index in [9.17, 15) is 18.0 Å². The van der Waals surface area contributed by atoms with Gasteiger partial charge in [0.15, 0.2) is 10.9 Å². The Balaban J connectivity index is 1.25. The number of halogens is 5. The predicted molar refractivity (Wildman–Crippen MR) is 219 cm³/mol. The van der Waals surface area contributed by atoms with Crippen LogP contribution in [-0.2, 0) is 54.9 Å². The highest BCUT2D eigenvalue weighted by Gasteiger charge is 2.41. The molecule has 11 nitrogen and oxygen atoms in total. The summed E-state index contributed by atoms with van der Waals surface area (Å²) in [6, 6.07) is 18.0. The monoisotopic (exact) mass is 900 g/mol. The van der Waals surface area contributed by atoms with Crippen LogP contribution >= 0.6 is 39.3 Å². The van der Waals surface area contributed by atoms with E-state index in [0.29, 0.717) is 83.0 Å². The minimum absolute atomic E-state index is 0.0322. The van der Waals surface area contributed by atoms with Gasteiger partial charge in [0.1, 0.15) is 17.3 Å². The van der Waals surface area contributed by atoms with Gasteiger partial charge in [-0.25, -0.2) is 14.8 Å². The number of fused-ring (bicyclic) bond motifs is 2. The number of hydrogen-bond acceptors (Lipinski definition) is 11. The summed E-state index contributed by atoms with van der Waals surface area (Å²) in [4.78, 5) is 26.4. The van der Waals surface area contributed by atoms with Crippen molar-refractivity contribution < 1.29 is 36.9 Å². The normalized spacial score (nSPS) is 15.3. The Bertz CT molecular complexity index is 2230. The highest BCUT2D eigenvalue weighted by atomic mass is 79.9. The highest BCUT2D eigenvalue weighted by molar-refractivity contribution is 9.10. The van der Waals surface area contributed by atoms with Gasteiger partial charge in [-0.15, -0.1) is 0 Å². The van der Waals surface area contributed by atoms with Crippen molar-refractivity contribution in [1.82, 2.24) is 19.7 Å². The molecule has 0 fully saturated rings. The molecule has 5 aromatic rings. The van der Waals surface area contributed by atoms with Gasteiger partial charge in [-0.2, -0.15) is 18.3 Å². The van der Waals surface area contributed by atoms with E-state index < -0.39 is 28.8 Å². The molecule has 2 aliphatic heterocycles. The third kappa shape index (κ3) is 8.89. The molecule has 306 valence electrons. The molecule has 3 aromatic carbocycles. The highest BCUT2D eigenvalue weighted by Crippen LogP contribution is 2.46. The topological polar surface area (TPSA) is 104 Å². The van der Waals surface area contributed by atoms with Crippen molar-refractivity contribution in [3.05, 3.63) is 115 Å². The number of alkyl halides is 3. The molecule has 7 rings (SSSR count). The lowest BCUT2D eigenvalue weighted by Gasteiger charge is -2.33. The van der Waals surface area contributed by atoms with Gasteiger partial charge in [0.25, 0.3) is 0 Å². The van der Waals surface area contributed by atoms with Crippen LogP contribution in [0.1, 0.15) is 69.1 Å². The van der Waals surface area contributed by atoms with Crippen molar-refractivity contribution >= 4 is 56.8 Å². The number of ether oxygens (including phenoxy) is 4. The van der Waals surface area contributed by atoms with Gasteiger partial charge in [-0.3, -0.25) is 4.68 Å². The number of hydrogen-bond donors (Lipinski definition) is 0. The number of esters is 1. The van der Waals surface area contributed by atoms with Crippen LogP contribution < -0.4 is 19.3 Å². The molecule has 4 heterocycles. The fourth-order valence-corrected chi connectivity index (χ4v) is 8.54.